The van der Waals surface area contributed by atoms with Crippen LogP contribution in [0, 0.1) is 0 Å². The van der Waals surface area contributed by atoms with Crippen molar-refractivity contribution in [3.05, 3.63) is 35.4 Å². The van der Waals surface area contributed by atoms with Crippen LogP contribution in [0.25, 0.3) is 0 Å². The van der Waals surface area contributed by atoms with Gasteiger partial charge >= 0.3 is 0 Å². The Morgan fingerprint density at radius 1 is 1.35 bits per heavy atom. The maximum atomic E-state index is 12.5. The van der Waals surface area contributed by atoms with Crippen LogP contribution in [0.5, 0.6) is 0 Å². The second-order valence-electron chi connectivity index (χ2n) is 5.01. The maximum Gasteiger partial charge on any atom is 0.253 e. The minimum Gasteiger partial charge on any atom is -0.338 e. The van der Waals surface area contributed by atoms with E-state index in [9.17, 15) is 4.79 Å². The van der Waals surface area contributed by atoms with Crippen molar-refractivity contribution in [2.45, 2.75) is 31.1 Å². The SMILES string of the molecule is CSC1CCCCN(C(=O)c2ccc(CN)cc2)C1.Cl. The van der Waals surface area contributed by atoms with Crippen molar-refractivity contribution in [3.8, 4) is 0 Å². The number of likely N-dealkylation sites (tertiary alicyclic amines) is 1. The quantitative estimate of drug-likeness (QED) is 0.933. The number of nitrogens with two attached hydrogens (primary N) is 1. The Kier molecular flexibility index (Phi) is 7.41. The number of hydrogen-bond acceptors (Lipinski definition) is 3. The number of halogens is 1. The first kappa shape index (κ1) is 17.3. The fourth-order valence-corrected chi connectivity index (χ4v) is 3.18. The van der Waals surface area contributed by atoms with E-state index in [1.54, 1.807) is 0 Å². The zero-order valence-electron chi connectivity index (χ0n) is 11.9. The zero-order valence-corrected chi connectivity index (χ0v) is 13.5. The first-order chi connectivity index (χ1) is 9.24. The smallest absolute Gasteiger partial charge is 0.253 e. The van der Waals surface area contributed by atoms with Gasteiger partial charge in [0.05, 0.1) is 0 Å². The van der Waals surface area contributed by atoms with Crippen molar-refractivity contribution in [2.24, 2.45) is 5.73 Å². The molecule has 20 heavy (non-hydrogen) atoms. The van der Waals surface area contributed by atoms with Gasteiger partial charge in [0.15, 0.2) is 0 Å². The number of benzene rings is 1. The van der Waals surface area contributed by atoms with E-state index in [0.717, 1.165) is 30.6 Å². The number of thioether (sulfide) groups is 1. The number of carbonyl (C=O) groups is 1. The van der Waals surface area contributed by atoms with Gasteiger partial charge in [0.25, 0.3) is 5.91 Å². The van der Waals surface area contributed by atoms with E-state index >= 15 is 0 Å². The van der Waals surface area contributed by atoms with Crippen LogP contribution in [0.3, 0.4) is 0 Å². The van der Waals surface area contributed by atoms with E-state index in [0.29, 0.717) is 11.8 Å². The van der Waals surface area contributed by atoms with Gasteiger partial charge in [-0.05, 0) is 36.8 Å². The molecule has 1 heterocycles. The summed E-state index contributed by atoms with van der Waals surface area (Å²) in [4.78, 5) is 14.5. The molecule has 1 aliphatic rings. The van der Waals surface area contributed by atoms with Crippen molar-refractivity contribution in [2.75, 3.05) is 19.3 Å². The molecule has 0 aromatic heterocycles. The molecule has 0 bridgehead atoms. The summed E-state index contributed by atoms with van der Waals surface area (Å²) in [7, 11) is 0. The molecule has 3 nitrogen and oxygen atoms in total. The van der Waals surface area contributed by atoms with E-state index in [-0.39, 0.29) is 18.3 Å². The Morgan fingerprint density at radius 3 is 2.65 bits per heavy atom. The standard InChI is InChI=1S/C15H22N2OS.ClH/c1-19-14-4-2-3-9-17(11-14)15(18)13-7-5-12(10-16)6-8-13;/h5-8,14H,2-4,9-11,16H2,1H3;1H. The third kappa shape index (κ3) is 4.40. The Balaban J connectivity index is 0.00000200. The van der Waals surface area contributed by atoms with Crippen LogP contribution < -0.4 is 5.73 Å². The summed E-state index contributed by atoms with van der Waals surface area (Å²) in [6.45, 7) is 2.28. The lowest BCUT2D eigenvalue weighted by atomic mass is 10.1. The Hall–Kier alpha value is -0.710. The molecule has 0 radical (unpaired) electrons. The molecule has 1 fully saturated rings. The monoisotopic (exact) mass is 314 g/mol. The number of nitrogens with zero attached hydrogens (tertiary/aromatic N) is 1. The minimum absolute atomic E-state index is 0. The molecule has 1 amide bonds. The molecule has 2 rings (SSSR count). The van der Waals surface area contributed by atoms with Crippen LogP contribution in [0.4, 0.5) is 0 Å². The summed E-state index contributed by atoms with van der Waals surface area (Å²) in [5, 5.41) is 0.578. The first-order valence-electron chi connectivity index (χ1n) is 6.85. The lowest BCUT2D eigenvalue weighted by Crippen LogP contribution is -2.35. The molecule has 112 valence electrons. The van der Waals surface area contributed by atoms with E-state index < -0.39 is 0 Å². The van der Waals surface area contributed by atoms with Crippen molar-refractivity contribution >= 4 is 30.1 Å². The van der Waals surface area contributed by atoms with E-state index in [4.69, 9.17) is 5.73 Å². The zero-order chi connectivity index (χ0) is 13.7. The van der Waals surface area contributed by atoms with E-state index in [1.165, 1.54) is 12.8 Å². The summed E-state index contributed by atoms with van der Waals surface area (Å²) < 4.78 is 0. The third-order valence-corrected chi connectivity index (χ3v) is 4.74. The largest absolute Gasteiger partial charge is 0.338 e. The lowest BCUT2D eigenvalue weighted by Gasteiger charge is -2.23. The van der Waals surface area contributed by atoms with Gasteiger partial charge in [-0.2, -0.15) is 11.8 Å². The molecule has 0 saturated carbocycles. The van der Waals surface area contributed by atoms with Crippen molar-refractivity contribution < 1.29 is 4.79 Å². The average molecular weight is 315 g/mol. The maximum absolute atomic E-state index is 12.5. The van der Waals surface area contributed by atoms with Gasteiger partial charge in [-0.25, -0.2) is 0 Å². The fraction of sp³-hybridized carbons (Fsp3) is 0.533. The highest BCUT2D eigenvalue weighted by molar-refractivity contribution is 7.99. The number of amides is 1. The highest BCUT2D eigenvalue weighted by Gasteiger charge is 2.22. The predicted octanol–water partition coefficient (Wildman–Crippen LogP) is 2.92. The minimum atomic E-state index is 0. The molecule has 1 aromatic carbocycles. The van der Waals surface area contributed by atoms with Gasteiger partial charge in [-0.1, -0.05) is 18.6 Å². The van der Waals surface area contributed by atoms with E-state index in [2.05, 4.69) is 6.26 Å². The molecule has 2 N–H and O–H groups in total. The second kappa shape index (κ2) is 8.55. The molecule has 0 aliphatic carbocycles. The molecule has 1 aromatic rings. The van der Waals surface area contributed by atoms with E-state index in [1.807, 2.05) is 40.9 Å². The summed E-state index contributed by atoms with van der Waals surface area (Å²) in [5.74, 6) is 0.157. The molecule has 5 heteroatoms. The second-order valence-corrected chi connectivity index (χ2v) is 6.14. The Labute approximate surface area is 131 Å². The molecule has 1 saturated heterocycles. The van der Waals surface area contributed by atoms with Crippen LogP contribution in [-0.2, 0) is 6.54 Å². The van der Waals surface area contributed by atoms with Crippen molar-refractivity contribution in [1.82, 2.24) is 4.90 Å². The summed E-state index contributed by atoms with van der Waals surface area (Å²) in [6.07, 6.45) is 5.69. The van der Waals surface area contributed by atoms with Crippen LogP contribution >= 0.6 is 24.2 Å². The normalized spacial score (nSPS) is 19.1. The molecule has 1 aliphatic heterocycles. The summed E-state index contributed by atoms with van der Waals surface area (Å²) in [5.41, 5.74) is 7.42. The average Bonchev–Trinajstić information content (AvgIpc) is 2.72. The van der Waals surface area contributed by atoms with Gasteiger partial charge in [-0.3, -0.25) is 4.79 Å². The topological polar surface area (TPSA) is 46.3 Å². The molecule has 1 unspecified atom stereocenters. The highest BCUT2D eigenvalue weighted by Crippen LogP contribution is 2.21. The molecular weight excluding hydrogens is 292 g/mol. The Bertz CT molecular complexity index is 424. The van der Waals surface area contributed by atoms with Gasteiger partial charge in [-0.15, -0.1) is 12.4 Å². The molecule has 0 spiro atoms. The number of carbonyl (C=O) groups excluding carboxylic acids is 1. The van der Waals surface area contributed by atoms with Crippen LogP contribution in [-0.4, -0.2) is 35.4 Å². The van der Waals surface area contributed by atoms with Gasteiger partial charge in [0.2, 0.25) is 0 Å². The number of rotatable bonds is 3. The summed E-state index contributed by atoms with van der Waals surface area (Å²) >= 11 is 1.87. The van der Waals surface area contributed by atoms with Crippen molar-refractivity contribution in [3.63, 3.8) is 0 Å². The Morgan fingerprint density at radius 2 is 2.05 bits per heavy atom. The number of hydrogen-bond donors (Lipinski definition) is 1. The fourth-order valence-electron chi connectivity index (χ4n) is 2.45. The van der Waals surface area contributed by atoms with Gasteiger partial charge in [0, 0.05) is 30.4 Å². The highest BCUT2D eigenvalue weighted by atomic mass is 35.5. The van der Waals surface area contributed by atoms with Gasteiger partial charge < -0.3 is 10.6 Å². The molecule has 1 atom stereocenters. The van der Waals surface area contributed by atoms with Gasteiger partial charge in [0.1, 0.15) is 0 Å². The van der Waals surface area contributed by atoms with Crippen LogP contribution in [0.15, 0.2) is 24.3 Å². The van der Waals surface area contributed by atoms with Crippen LogP contribution in [0.1, 0.15) is 35.2 Å². The van der Waals surface area contributed by atoms with Crippen LogP contribution in [0.2, 0.25) is 0 Å². The predicted molar refractivity (Wildman–Crippen MR) is 88.6 cm³/mol. The van der Waals surface area contributed by atoms with Crippen molar-refractivity contribution in [1.29, 1.82) is 0 Å². The summed E-state index contributed by atoms with van der Waals surface area (Å²) in [6, 6.07) is 7.67. The lowest BCUT2D eigenvalue weighted by molar-refractivity contribution is 0.0763. The molecular formula is C15H23ClN2OS. The third-order valence-electron chi connectivity index (χ3n) is 3.69. The first-order valence-corrected chi connectivity index (χ1v) is 8.14.